The highest BCUT2D eigenvalue weighted by atomic mass is 15.1. The molecular weight excluding hydrogens is 174 g/mol. The number of anilines is 1. The smallest absolute Gasteiger partial charge is 0.201 e. The molecule has 0 unspecified atom stereocenters. The van der Waals surface area contributed by atoms with E-state index in [1.807, 2.05) is 6.07 Å². The number of imidazole rings is 1. The fourth-order valence-electron chi connectivity index (χ4n) is 1.38. The first kappa shape index (κ1) is 8.81. The van der Waals surface area contributed by atoms with Crippen LogP contribution >= 0.6 is 0 Å². The summed E-state index contributed by atoms with van der Waals surface area (Å²) in [4.78, 5) is 7.58. The van der Waals surface area contributed by atoms with Gasteiger partial charge < -0.3 is 10.3 Å². The summed E-state index contributed by atoms with van der Waals surface area (Å²) >= 11 is 0. The second kappa shape index (κ2) is 3.54. The minimum Gasteiger partial charge on any atom is -0.352 e. The zero-order valence-corrected chi connectivity index (χ0v) is 8.17. The molecule has 0 spiro atoms. The Bertz CT molecular complexity index is 457. The van der Waals surface area contributed by atoms with Crippen molar-refractivity contribution in [3.8, 4) is 0 Å². The molecule has 3 heteroatoms. The van der Waals surface area contributed by atoms with Gasteiger partial charge in [-0.1, -0.05) is 12.1 Å². The average Bonchev–Trinajstić information content (AvgIpc) is 2.56. The SMILES string of the molecule is C=CCNc1nc2ccc(C)cc2[nH]1. The number of hydrogen-bond donors (Lipinski definition) is 2. The summed E-state index contributed by atoms with van der Waals surface area (Å²) in [5.74, 6) is 0.797. The van der Waals surface area contributed by atoms with Gasteiger partial charge in [-0.3, -0.25) is 0 Å². The van der Waals surface area contributed by atoms with Crippen LogP contribution < -0.4 is 5.32 Å². The number of H-pyrrole nitrogens is 1. The van der Waals surface area contributed by atoms with Crippen molar-refractivity contribution in [1.29, 1.82) is 0 Å². The standard InChI is InChI=1S/C11H13N3/c1-3-6-12-11-13-9-5-4-8(2)7-10(9)14-11/h3-5,7H,1,6H2,2H3,(H2,12,13,14). The number of aromatic nitrogens is 2. The fourth-order valence-corrected chi connectivity index (χ4v) is 1.38. The van der Waals surface area contributed by atoms with Crippen LogP contribution in [0.3, 0.4) is 0 Å². The van der Waals surface area contributed by atoms with Gasteiger partial charge in [-0.25, -0.2) is 4.98 Å². The Morgan fingerprint density at radius 3 is 3.21 bits per heavy atom. The van der Waals surface area contributed by atoms with Gasteiger partial charge in [0, 0.05) is 6.54 Å². The Kier molecular flexibility index (Phi) is 2.23. The lowest BCUT2D eigenvalue weighted by Gasteiger charge is -1.94. The fraction of sp³-hybridized carbons (Fsp3) is 0.182. The number of hydrogen-bond acceptors (Lipinski definition) is 2. The molecule has 1 aromatic carbocycles. The first-order valence-corrected chi connectivity index (χ1v) is 4.61. The van der Waals surface area contributed by atoms with Crippen molar-refractivity contribution in [2.24, 2.45) is 0 Å². The maximum Gasteiger partial charge on any atom is 0.201 e. The molecule has 1 heterocycles. The molecular formula is C11H13N3. The van der Waals surface area contributed by atoms with E-state index < -0.39 is 0 Å². The molecule has 2 aromatic rings. The number of fused-ring (bicyclic) bond motifs is 1. The summed E-state index contributed by atoms with van der Waals surface area (Å²) in [6.07, 6.45) is 1.80. The van der Waals surface area contributed by atoms with E-state index in [0.717, 1.165) is 23.5 Å². The Balaban J connectivity index is 2.36. The van der Waals surface area contributed by atoms with Crippen LogP contribution in [0.4, 0.5) is 5.95 Å². The summed E-state index contributed by atoms with van der Waals surface area (Å²) in [5.41, 5.74) is 3.29. The summed E-state index contributed by atoms with van der Waals surface area (Å²) in [7, 11) is 0. The molecule has 0 saturated carbocycles. The summed E-state index contributed by atoms with van der Waals surface area (Å²) in [5, 5.41) is 3.12. The molecule has 0 bridgehead atoms. The first-order chi connectivity index (χ1) is 6.79. The van der Waals surface area contributed by atoms with Crippen molar-refractivity contribution in [1.82, 2.24) is 9.97 Å². The van der Waals surface area contributed by atoms with Crippen molar-refractivity contribution < 1.29 is 0 Å². The van der Waals surface area contributed by atoms with E-state index in [9.17, 15) is 0 Å². The van der Waals surface area contributed by atoms with Crippen molar-refractivity contribution in [3.05, 3.63) is 36.4 Å². The van der Waals surface area contributed by atoms with E-state index in [-0.39, 0.29) is 0 Å². The van der Waals surface area contributed by atoms with E-state index >= 15 is 0 Å². The highest BCUT2D eigenvalue weighted by Crippen LogP contribution is 2.15. The predicted octanol–water partition coefficient (Wildman–Crippen LogP) is 2.47. The van der Waals surface area contributed by atoms with Gasteiger partial charge in [-0.2, -0.15) is 0 Å². The molecule has 0 amide bonds. The van der Waals surface area contributed by atoms with Crippen LogP contribution in [0.25, 0.3) is 11.0 Å². The zero-order chi connectivity index (χ0) is 9.97. The van der Waals surface area contributed by atoms with Crippen molar-refractivity contribution in [2.45, 2.75) is 6.92 Å². The normalized spacial score (nSPS) is 10.4. The number of rotatable bonds is 3. The highest BCUT2D eigenvalue weighted by molar-refractivity contribution is 5.78. The molecule has 1 aromatic heterocycles. The molecule has 0 aliphatic heterocycles. The molecule has 2 N–H and O–H groups in total. The Hall–Kier alpha value is -1.77. The van der Waals surface area contributed by atoms with Crippen molar-refractivity contribution >= 4 is 17.0 Å². The van der Waals surface area contributed by atoms with Crippen LogP contribution in [0, 0.1) is 6.92 Å². The third-order valence-electron chi connectivity index (χ3n) is 2.05. The van der Waals surface area contributed by atoms with Gasteiger partial charge in [-0.15, -0.1) is 6.58 Å². The van der Waals surface area contributed by atoms with Gasteiger partial charge in [0.1, 0.15) is 0 Å². The van der Waals surface area contributed by atoms with Crippen LogP contribution in [-0.4, -0.2) is 16.5 Å². The van der Waals surface area contributed by atoms with Crippen molar-refractivity contribution in [3.63, 3.8) is 0 Å². The molecule has 0 atom stereocenters. The minimum atomic E-state index is 0.721. The minimum absolute atomic E-state index is 0.721. The quantitative estimate of drug-likeness (QED) is 0.725. The topological polar surface area (TPSA) is 40.7 Å². The number of aryl methyl sites for hydroxylation is 1. The van der Waals surface area contributed by atoms with Gasteiger partial charge in [0.25, 0.3) is 0 Å². The predicted molar refractivity (Wildman–Crippen MR) is 59.5 cm³/mol. The van der Waals surface area contributed by atoms with E-state index in [2.05, 4.69) is 40.9 Å². The Morgan fingerprint density at radius 1 is 1.57 bits per heavy atom. The largest absolute Gasteiger partial charge is 0.352 e. The van der Waals surface area contributed by atoms with Crippen LogP contribution in [-0.2, 0) is 0 Å². The van der Waals surface area contributed by atoms with E-state index in [1.54, 1.807) is 6.08 Å². The number of nitrogens with zero attached hydrogens (tertiary/aromatic N) is 1. The van der Waals surface area contributed by atoms with Gasteiger partial charge in [0.2, 0.25) is 5.95 Å². The lowest BCUT2D eigenvalue weighted by molar-refractivity contribution is 1.22. The van der Waals surface area contributed by atoms with E-state index in [1.165, 1.54) is 5.56 Å². The molecule has 0 aliphatic rings. The van der Waals surface area contributed by atoms with Crippen LogP contribution in [0.1, 0.15) is 5.56 Å². The molecule has 0 saturated heterocycles. The lowest BCUT2D eigenvalue weighted by atomic mass is 10.2. The molecule has 0 aliphatic carbocycles. The van der Waals surface area contributed by atoms with Gasteiger partial charge in [0.05, 0.1) is 11.0 Å². The van der Waals surface area contributed by atoms with Gasteiger partial charge in [-0.05, 0) is 24.6 Å². The first-order valence-electron chi connectivity index (χ1n) is 4.61. The third-order valence-corrected chi connectivity index (χ3v) is 2.05. The summed E-state index contributed by atoms with van der Waals surface area (Å²) in [6.45, 7) is 6.43. The van der Waals surface area contributed by atoms with Crippen LogP contribution in [0.2, 0.25) is 0 Å². The van der Waals surface area contributed by atoms with E-state index in [0.29, 0.717) is 0 Å². The molecule has 0 radical (unpaired) electrons. The molecule has 3 nitrogen and oxygen atoms in total. The molecule has 0 fully saturated rings. The van der Waals surface area contributed by atoms with E-state index in [4.69, 9.17) is 0 Å². The van der Waals surface area contributed by atoms with Crippen molar-refractivity contribution in [2.75, 3.05) is 11.9 Å². The highest BCUT2D eigenvalue weighted by Gasteiger charge is 2.00. The second-order valence-corrected chi connectivity index (χ2v) is 3.28. The molecule has 14 heavy (non-hydrogen) atoms. The molecule has 72 valence electrons. The molecule has 2 rings (SSSR count). The maximum absolute atomic E-state index is 4.38. The number of aromatic amines is 1. The zero-order valence-electron chi connectivity index (χ0n) is 8.17. The number of benzene rings is 1. The lowest BCUT2D eigenvalue weighted by Crippen LogP contribution is -1.98. The average molecular weight is 187 g/mol. The van der Waals surface area contributed by atoms with Crippen LogP contribution in [0.5, 0.6) is 0 Å². The second-order valence-electron chi connectivity index (χ2n) is 3.28. The summed E-state index contributed by atoms with van der Waals surface area (Å²) in [6, 6.07) is 6.15. The van der Waals surface area contributed by atoms with Crippen LogP contribution in [0.15, 0.2) is 30.9 Å². The van der Waals surface area contributed by atoms with Gasteiger partial charge in [0.15, 0.2) is 0 Å². The Morgan fingerprint density at radius 2 is 2.43 bits per heavy atom. The number of nitrogens with one attached hydrogen (secondary N) is 2. The van der Waals surface area contributed by atoms with Gasteiger partial charge >= 0.3 is 0 Å². The summed E-state index contributed by atoms with van der Waals surface area (Å²) < 4.78 is 0. The monoisotopic (exact) mass is 187 g/mol. The third kappa shape index (κ3) is 1.62. The maximum atomic E-state index is 4.38. The Labute approximate surface area is 82.9 Å².